The van der Waals surface area contributed by atoms with Crippen molar-refractivity contribution in [2.45, 2.75) is 19.0 Å². The first-order valence-electron chi connectivity index (χ1n) is 6.73. The lowest BCUT2D eigenvalue weighted by molar-refractivity contribution is -0.137. The number of hydrogen-bond acceptors (Lipinski definition) is 2. The average Bonchev–Trinajstić information content (AvgIpc) is 2.91. The monoisotopic (exact) mass is 340 g/mol. The fourth-order valence-corrected chi connectivity index (χ4v) is 2.32. The van der Waals surface area contributed by atoms with Crippen LogP contribution in [-0.2, 0) is 6.18 Å². The molecule has 22 heavy (non-hydrogen) atoms. The molecule has 1 aliphatic rings. The molecule has 3 nitrogen and oxygen atoms in total. The van der Waals surface area contributed by atoms with Crippen LogP contribution in [0.4, 0.5) is 17.6 Å². The Balaban J connectivity index is 0.00000242. The first kappa shape index (κ1) is 18.7. The van der Waals surface area contributed by atoms with Crippen molar-refractivity contribution in [3.63, 3.8) is 0 Å². The molecule has 1 atom stereocenters. The zero-order valence-electron chi connectivity index (χ0n) is 11.7. The highest BCUT2D eigenvalue weighted by atomic mass is 35.5. The maximum absolute atomic E-state index is 13.5. The number of nitrogens with one attached hydrogen (secondary N) is 2. The third-order valence-corrected chi connectivity index (χ3v) is 3.54. The highest BCUT2D eigenvalue weighted by Crippen LogP contribution is 2.30. The zero-order chi connectivity index (χ0) is 15.5. The van der Waals surface area contributed by atoms with Crippen molar-refractivity contribution in [2.75, 3.05) is 19.6 Å². The summed E-state index contributed by atoms with van der Waals surface area (Å²) in [5.74, 6) is -1.33. The lowest BCUT2D eigenvalue weighted by atomic mass is 10.0. The van der Waals surface area contributed by atoms with Gasteiger partial charge in [-0.05, 0) is 50.0 Å². The minimum Gasteiger partial charge on any atom is -0.352 e. The molecule has 124 valence electrons. The molecule has 1 fully saturated rings. The number of amides is 1. The molecule has 1 aromatic carbocycles. The molecule has 1 aliphatic heterocycles. The Morgan fingerprint density at radius 1 is 1.36 bits per heavy atom. The van der Waals surface area contributed by atoms with Gasteiger partial charge in [0.05, 0.1) is 11.1 Å². The van der Waals surface area contributed by atoms with Crippen molar-refractivity contribution >= 4 is 18.3 Å². The Morgan fingerprint density at radius 3 is 2.68 bits per heavy atom. The van der Waals surface area contributed by atoms with Crippen LogP contribution in [0.2, 0.25) is 0 Å². The van der Waals surface area contributed by atoms with Crippen LogP contribution in [0.25, 0.3) is 0 Å². The van der Waals surface area contributed by atoms with E-state index in [2.05, 4.69) is 10.6 Å². The molecular weight excluding hydrogens is 324 g/mol. The summed E-state index contributed by atoms with van der Waals surface area (Å²) in [6.07, 6.45) is -2.87. The summed E-state index contributed by atoms with van der Waals surface area (Å²) in [7, 11) is 0. The number of rotatable bonds is 4. The zero-order valence-corrected chi connectivity index (χ0v) is 12.5. The smallest absolute Gasteiger partial charge is 0.352 e. The van der Waals surface area contributed by atoms with Crippen LogP contribution >= 0.6 is 12.4 Å². The number of carbonyl (C=O) groups excluding carboxylic acids is 1. The highest BCUT2D eigenvalue weighted by molar-refractivity contribution is 5.94. The van der Waals surface area contributed by atoms with Gasteiger partial charge in [-0.25, -0.2) is 4.39 Å². The van der Waals surface area contributed by atoms with E-state index in [0.29, 0.717) is 30.7 Å². The van der Waals surface area contributed by atoms with Gasteiger partial charge in [0.2, 0.25) is 0 Å². The summed E-state index contributed by atoms with van der Waals surface area (Å²) < 4.78 is 51.2. The lowest BCUT2D eigenvalue weighted by Crippen LogP contribution is -2.27. The SMILES string of the molecule is Cl.O=C(NCCC1CCNC1)c1cc(C(F)(F)F)ccc1F. The summed E-state index contributed by atoms with van der Waals surface area (Å²) in [6.45, 7) is 2.12. The Morgan fingerprint density at radius 2 is 2.09 bits per heavy atom. The van der Waals surface area contributed by atoms with E-state index in [4.69, 9.17) is 0 Å². The quantitative estimate of drug-likeness (QED) is 0.827. The van der Waals surface area contributed by atoms with Gasteiger partial charge in [0, 0.05) is 6.54 Å². The molecule has 0 saturated carbocycles. The van der Waals surface area contributed by atoms with Crippen molar-refractivity contribution in [3.05, 3.63) is 35.1 Å². The summed E-state index contributed by atoms with van der Waals surface area (Å²) in [5.41, 5.74) is -1.61. The van der Waals surface area contributed by atoms with Gasteiger partial charge >= 0.3 is 6.18 Å². The van der Waals surface area contributed by atoms with Gasteiger partial charge in [-0.1, -0.05) is 0 Å². The summed E-state index contributed by atoms with van der Waals surface area (Å²) in [4.78, 5) is 11.8. The van der Waals surface area contributed by atoms with E-state index in [9.17, 15) is 22.4 Å². The molecule has 1 unspecified atom stereocenters. The van der Waals surface area contributed by atoms with Gasteiger partial charge in [0.25, 0.3) is 5.91 Å². The normalized spacial score (nSPS) is 17.9. The van der Waals surface area contributed by atoms with Crippen LogP contribution in [-0.4, -0.2) is 25.5 Å². The topological polar surface area (TPSA) is 41.1 Å². The Hall–Kier alpha value is -1.34. The molecule has 0 bridgehead atoms. The molecule has 8 heteroatoms. The van der Waals surface area contributed by atoms with E-state index in [1.807, 2.05) is 0 Å². The molecule has 1 aromatic rings. The van der Waals surface area contributed by atoms with Crippen LogP contribution < -0.4 is 10.6 Å². The second kappa shape index (κ2) is 7.78. The molecule has 2 rings (SSSR count). The molecule has 0 aromatic heterocycles. The van der Waals surface area contributed by atoms with Crippen LogP contribution in [0.1, 0.15) is 28.8 Å². The number of alkyl halides is 3. The molecule has 0 aliphatic carbocycles. The van der Waals surface area contributed by atoms with Crippen molar-refractivity contribution in [1.29, 1.82) is 0 Å². The summed E-state index contributed by atoms with van der Waals surface area (Å²) >= 11 is 0. The van der Waals surface area contributed by atoms with Gasteiger partial charge in [-0.15, -0.1) is 12.4 Å². The van der Waals surface area contributed by atoms with Crippen LogP contribution in [0, 0.1) is 11.7 Å². The number of carbonyl (C=O) groups is 1. The molecule has 0 spiro atoms. The third kappa shape index (κ3) is 4.84. The summed E-state index contributed by atoms with van der Waals surface area (Å²) in [5, 5.41) is 5.65. The maximum Gasteiger partial charge on any atom is 0.416 e. The van der Waals surface area contributed by atoms with Gasteiger partial charge in [-0.2, -0.15) is 13.2 Å². The molecule has 1 heterocycles. The maximum atomic E-state index is 13.5. The fraction of sp³-hybridized carbons (Fsp3) is 0.500. The minimum absolute atomic E-state index is 0. The predicted octanol–water partition coefficient (Wildman–Crippen LogP) is 3.00. The van der Waals surface area contributed by atoms with Crippen molar-refractivity contribution < 1.29 is 22.4 Å². The average molecular weight is 341 g/mol. The Kier molecular flexibility index (Phi) is 6.62. The lowest BCUT2D eigenvalue weighted by Gasteiger charge is -2.11. The van der Waals surface area contributed by atoms with E-state index in [-0.39, 0.29) is 12.4 Å². The van der Waals surface area contributed by atoms with E-state index in [1.165, 1.54) is 0 Å². The van der Waals surface area contributed by atoms with Gasteiger partial charge in [0.15, 0.2) is 0 Å². The van der Waals surface area contributed by atoms with Crippen LogP contribution in [0.3, 0.4) is 0 Å². The van der Waals surface area contributed by atoms with Crippen molar-refractivity contribution in [3.8, 4) is 0 Å². The van der Waals surface area contributed by atoms with Crippen LogP contribution in [0.15, 0.2) is 18.2 Å². The molecule has 1 saturated heterocycles. The summed E-state index contributed by atoms with van der Waals surface area (Å²) in [6, 6.07) is 1.83. The Labute approximate surface area is 131 Å². The van der Waals surface area contributed by atoms with Crippen molar-refractivity contribution in [1.82, 2.24) is 10.6 Å². The fourth-order valence-electron chi connectivity index (χ4n) is 2.32. The number of hydrogen-bond donors (Lipinski definition) is 2. The predicted molar refractivity (Wildman–Crippen MR) is 76.6 cm³/mol. The molecule has 0 radical (unpaired) electrons. The number of halogens is 5. The first-order valence-corrected chi connectivity index (χ1v) is 6.73. The van der Waals surface area contributed by atoms with E-state index in [0.717, 1.165) is 25.9 Å². The molecule has 1 amide bonds. The first-order chi connectivity index (χ1) is 9.88. The van der Waals surface area contributed by atoms with E-state index in [1.54, 1.807) is 0 Å². The molecule has 2 N–H and O–H groups in total. The second-order valence-electron chi connectivity index (χ2n) is 5.10. The molecular formula is C14H17ClF4N2O. The largest absolute Gasteiger partial charge is 0.416 e. The van der Waals surface area contributed by atoms with E-state index < -0.39 is 29.0 Å². The Bertz CT molecular complexity index is 516. The van der Waals surface area contributed by atoms with Crippen molar-refractivity contribution in [2.24, 2.45) is 5.92 Å². The standard InChI is InChI=1S/C14H16F4N2O.ClH/c15-12-2-1-10(14(16,17)18)7-11(12)13(21)20-6-4-9-3-5-19-8-9;/h1-2,7,9,19H,3-6,8H2,(H,20,21);1H. The van der Waals surface area contributed by atoms with Crippen LogP contribution in [0.5, 0.6) is 0 Å². The second-order valence-corrected chi connectivity index (χ2v) is 5.10. The van der Waals surface area contributed by atoms with Gasteiger partial charge < -0.3 is 10.6 Å². The van der Waals surface area contributed by atoms with Gasteiger partial charge in [0.1, 0.15) is 5.82 Å². The minimum atomic E-state index is -4.60. The number of benzene rings is 1. The third-order valence-electron chi connectivity index (χ3n) is 3.54. The van der Waals surface area contributed by atoms with Gasteiger partial charge in [-0.3, -0.25) is 4.79 Å². The highest BCUT2D eigenvalue weighted by Gasteiger charge is 2.31. The van der Waals surface area contributed by atoms with E-state index >= 15 is 0 Å².